The Morgan fingerprint density at radius 2 is 1.87 bits per heavy atom. The van der Waals surface area contributed by atoms with Crippen LogP contribution in [-0.4, -0.2) is 51.6 Å². The molecule has 1 aromatic heterocycles. The topological polar surface area (TPSA) is 109 Å². The quantitative estimate of drug-likeness (QED) is 0.271. The number of fused-ring (bicyclic) bond motifs is 7. The first-order valence-corrected chi connectivity index (χ1v) is 14.9. The predicted molar refractivity (Wildman–Crippen MR) is 165 cm³/mol. The molecule has 0 fully saturated rings. The molecule has 0 spiro atoms. The first kappa shape index (κ1) is 28.3. The van der Waals surface area contributed by atoms with Crippen LogP contribution in [0.1, 0.15) is 45.1 Å². The average molecular weight is 604 g/mol. The van der Waals surface area contributed by atoms with Crippen LogP contribution in [0.3, 0.4) is 0 Å². The van der Waals surface area contributed by atoms with Gasteiger partial charge in [-0.05, 0) is 83.6 Å². The molecule has 3 aliphatic rings. The third-order valence-corrected chi connectivity index (χ3v) is 8.10. The lowest BCUT2D eigenvalue weighted by atomic mass is 9.87. The van der Waals surface area contributed by atoms with Gasteiger partial charge in [0.2, 0.25) is 5.91 Å². The Bertz CT molecular complexity index is 1860. The van der Waals surface area contributed by atoms with Crippen molar-refractivity contribution in [3.63, 3.8) is 0 Å². The van der Waals surface area contributed by atoms with Crippen molar-refractivity contribution in [1.82, 2.24) is 25.4 Å². The lowest BCUT2D eigenvalue weighted by Gasteiger charge is -2.38. The maximum absolute atomic E-state index is 14.8. The summed E-state index contributed by atoms with van der Waals surface area (Å²) in [5, 5.41) is 9.65. The Kier molecular flexibility index (Phi) is 7.69. The zero-order chi connectivity index (χ0) is 30.8. The number of hydrogen-bond donors (Lipinski definition) is 2. The van der Waals surface area contributed by atoms with Crippen LogP contribution in [0.2, 0.25) is 0 Å². The van der Waals surface area contributed by atoms with Gasteiger partial charge < -0.3 is 19.7 Å². The molecule has 4 heterocycles. The number of nitrogens with one attached hydrogen (secondary N) is 2. The van der Waals surface area contributed by atoms with Gasteiger partial charge in [-0.25, -0.2) is 9.37 Å². The zero-order valence-corrected chi connectivity index (χ0v) is 24.3. The van der Waals surface area contributed by atoms with Gasteiger partial charge in [0.15, 0.2) is 17.4 Å². The minimum atomic E-state index is -0.513. The van der Waals surface area contributed by atoms with Crippen molar-refractivity contribution < 1.29 is 23.5 Å². The molecule has 1 unspecified atom stereocenters. The minimum absolute atomic E-state index is 0.0530. The number of ether oxygens (including phenoxy) is 2. The Labute approximate surface area is 259 Å². The summed E-state index contributed by atoms with van der Waals surface area (Å²) in [6.45, 7) is 1.31. The van der Waals surface area contributed by atoms with Gasteiger partial charge in [0.25, 0.3) is 5.91 Å². The molecule has 2 N–H and O–H groups in total. The first-order valence-electron chi connectivity index (χ1n) is 14.9. The van der Waals surface area contributed by atoms with Crippen molar-refractivity contribution in [3.8, 4) is 28.6 Å². The molecule has 10 heteroatoms. The van der Waals surface area contributed by atoms with Crippen LogP contribution in [0.15, 0.2) is 91.3 Å². The summed E-state index contributed by atoms with van der Waals surface area (Å²) in [7, 11) is 0. The molecule has 8 bridgehead atoms. The molecule has 0 saturated carbocycles. The van der Waals surface area contributed by atoms with E-state index in [4.69, 9.17) is 9.47 Å². The average Bonchev–Trinajstić information content (AvgIpc) is 3.60. The predicted octanol–water partition coefficient (Wildman–Crippen LogP) is 5.63. The number of halogens is 1. The van der Waals surface area contributed by atoms with Crippen LogP contribution in [0.5, 0.6) is 17.2 Å². The molecule has 4 aromatic carbocycles. The maximum atomic E-state index is 14.8. The molecule has 5 aromatic rings. The summed E-state index contributed by atoms with van der Waals surface area (Å²) in [6.07, 6.45) is 2.75. The number of carbonyl (C=O) groups excluding carboxylic acids is 2. The fourth-order valence-corrected chi connectivity index (χ4v) is 5.90. The molecule has 226 valence electrons. The van der Waals surface area contributed by atoms with E-state index in [9.17, 15) is 14.0 Å². The van der Waals surface area contributed by atoms with Gasteiger partial charge in [0.1, 0.15) is 17.8 Å². The number of rotatable bonds is 2. The second-order valence-electron chi connectivity index (χ2n) is 11.1. The second-order valence-corrected chi connectivity index (χ2v) is 11.1. The van der Waals surface area contributed by atoms with Gasteiger partial charge in [-0.2, -0.15) is 5.10 Å². The van der Waals surface area contributed by atoms with E-state index in [0.29, 0.717) is 61.0 Å². The highest BCUT2D eigenvalue weighted by Crippen LogP contribution is 2.39. The van der Waals surface area contributed by atoms with Crippen LogP contribution in [-0.2, 0) is 17.6 Å². The Balaban J connectivity index is 1.26. The van der Waals surface area contributed by atoms with Crippen LogP contribution < -0.4 is 14.8 Å². The lowest BCUT2D eigenvalue weighted by molar-refractivity contribution is -0.120. The number of carbonyl (C=O) groups is 2. The van der Waals surface area contributed by atoms with Crippen LogP contribution in [0, 0.1) is 5.82 Å². The third kappa shape index (κ3) is 5.99. The zero-order valence-electron chi connectivity index (χ0n) is 24.3. The fraction of sp³-hybridized carbons (Fsp3) is 0.200. The van der Waals surface area contributed by atoms with E-state index in [-0.39, 0.29) is 24.0 Å². The molecule has 0 aliphatic carbocycles. The summed E-state index contributed by atoms with van der Waals surface area (Å²) >= 11 is 0. The summed E-state index contributed by atoms with van der Waals surface area (Å²) in [5.41, 5.74) is 4.90. The Morgan fingerprint density at radius 3 is 2.71 bits per heavy atom. The second kappa shape index (κ2) is 12.2. The van der Waals surface area contributed by atoms with E-state index in [1.807, 2.05) is 53.4 Å². The molecule has 8 rings (SSSR count). The monoisotopic (exact) mass is 603 g/mol. The highest BCUT2D eigenvalue weighted by Gasteiger charge is 2.33. The Hall–Kier alpha value is -5.51. The number of hydrogen-bond acceptors (Lipinski definition) is 6. The van der Waals surface area contributed by atoms with E-state index in [1.54, 1.807) is 30.3 Å². The summed E-state index contributed by atoms with van der Waals surface area (Å²) in [4.78, 5) is 32.7. The number of amides is 2. The van der Waals surface area contributed by atoms with Crippen LogP contribution >= 0.6 is 0 Å². The lowest BCUT2D eigenvalue weighted by Crippen LogP contribution is -2.40. The number of aromatic amines is 1. The van der Waals surface area contributed by atoms with Crippen LogP contribution in [0.4, 0.5) is 4.39 Å². The number of H-pyrrole nitrogens is 1. The van der Waals surface area contributed by atoms with Crippen molar-refractivity contribution in [1.29, 1.82) is 0 Å². The van der Waals surface area contributed by atoms with Gasteiger partial charge in [-0.1, -0.05) is 36.4 Å². The number of benzene rings is 4. The van der Waals surface area contributed by atoms with Crippen LogP contribution in [0.25, 0.3) is 11.4 Å². The van der Waals surface area contributed by atoms with Gasteiger partial charge in [-0.3, -0.25) is 14.7 Å². The number of aromatic nitrogens is 3. The largest absolute Gasteiger partial charge is 0.494 e. The Morgan fingerprint density at radius 1 is 0.978 bits per heavy atom. The minimum Gasteiger partial charge on any atom is -0.494 e. The van der Waals surface area contributed by atoms with E-state index in [0.717, 1.165) is 22.3 Å². The summed E-state index contributed by atoms with van der Waals surface area (Å²) < 4.78 is 26.9. The molecule has 1 atom stereocenters. The first-order chi connectivity index (χ1) is 22.0. The normalized spacial score (nSPS) is 16.4. The van der Waals surface area contributed by atoms with E-state index in [2.05, 4.69) is 20.5 Å². The van der Waals surface area contributed by atoms with Crippen molar-refractivity contribution in [2.24, 2.45) is 0 Å². The third-order valence-electron chi connectivity index (χ3n) is 8.10. The summed E-state index contributed by atoms with van der Waals surface area (Å²) in [5.74, 6) is 1.06. The van der Waals surface area contributed by atoms with Crippen molar-refractivity contribution in [3.05, 3.63) is 125 Å². The van der Waals surface area contributed by atoms with E-state index >= 15 is 0 Å². The van der Waals surface area contributed by atoms with Gasteiger partial charge in [-0.15, -0.1) is 0 Å². The smallest absolute Gasteiger partial charge is 0.254 e. The van der Waals surface area contributed by atoms with Gasteiger partial charge >= 0.3 is 0 Å². The van der Waals surface area contributed by atoms with Gasteiger partial charge in [0, 0.05) is 24.2 Å². The molecule has 0 radical (unpaired) electrons. The molecular weight excluding hydrogens is 573 g/mol. The van der Waals surface area contributed by atoms with Gasteiger partial charge in [0.05, 0.1) is 19.1 Å². The van der Waals surface area contributed by atoms with Crippen molar-refractivity contribution in [2.75, 3.05) is 19.7 Å². The fourth-order valence-electron chi connectivity index (χ4n) is 5.90. The standard InChI is InChI=1S/C35H30FN5O4/c36-30-12-5-22-17-31(30)45-28-10-11-29-25(19-28)13-15-41(35(43)24-8-6-23(7-9-24)34-38-21-39-40-34)33(29)26-3-1-4-27(20-26)44-16-2-14-37-32(42)18-22/h1,3-12,17,19-21,33H,2,13-16,18H2,(H,37,42)(H,38,39,40). The van der Waals surface area contributed by atoms with Crippen molar-refractivity contribution >= 4 is 11.8 Å². The molecule has 9 nitrogen and oxygen atoms in total. The molecular formula is C35H30FN5O4. The van der Waals surface area contributed by atoms with E-state index < -0.39 is 11.9 Å². The van der Waals surface area contributed by atoms with Crippen molar-refractivity contribution in [2.45, 2.75) is 25.3 Å². The molecule has 2 amide bonds. The molecule has 3 aliphatic heterocycles. The number of nitrogens with zero attached hydrogens (tertiary/aromatic N) is 3. The molecule has 0 saturated heterocycles. The maximum Gasteiger partial charge on any atom is 0.254 e. The highest BCUT2D eigenvalue weighted by atomic mass is 19.1. The summed E-state index contributed by atoms with van der Waals surface area (Å²) in [6, 6.07) is 24.8. The molecule has 45 heavy (non-hydrogen) atoms. The van der Waals surface area contributed by atoms with E-state index in [1.165, 1.54) is 12.4 Å². The SMILES string of the molecule is O=C1Cc2ccc(F)c(c2)Oc2ccc3c(c2)CCN(C(=O)c2ccc(-c4ncn[nH]4)cc2)C3c2cccc(c2)OCCCN1. The highest BCUT2D eigenvalue weighted by molar-refractivity contribution is 5.95.